The predicted octanol–water partition coefficient (Wildman–Crippen LogP) is 2.80. The average molecular weight is 344 g/mol. The van der Waals surface area contributed by atoms with E-state index in [0.29, 0.717) is 30.5 Å². The summed E-state index contributed by atoms with van der Waals surface area (Å²) in [7, 11) is 0. The fourth-order valence-electron chi connectivity index (χ4n) is 3.01. The van der Waals surface area contributed by atoms with Crippen LogP contribution in [0.2, 0.25) is 0 Å². The Kier molecular flexibility index (Phi) is 6.76. The number of benzene rings is 1. The molecule has 0 bridgehead atoms. The molecule has 0 aliphatic heterocycles. The van der Waals surface area contributed by atoms with E-state index in [1.807, 2.05) is 32.0 Å². The van der Waals surface area contributed by atoms with Gasteiger partial charge in [0.15, 0.2) is 0 Å². The van der Waals surface area contributed by atoms with Gasteiger partial charge in [-0.1, -0.05) is 26.0 Å². The van der Waals surface area contributed by atoms with Gasteiger partial charge < -0.3 is 14.6 Å². The number of hydrogen-bond acceptors (Lipinski definition) is 4. The molecule has 0 spiro atoms. The SMILES string of the molecule is CCN(CC)CCNC(=O)CCc1c(C)c2ccc(C)cc2oc1=O. The highest BCUT2D eigenvalue weighted by Gasteiger charge is 2.13. The van der Waals surface area contributed by atoms with Gasteiger partial charge in [0.2, 0.25) is 5.91 Å². The third kappa shape index (κ3) is 4.92. The first kappa shape index (κ1) is 19.2. The third-order valence-electron chi connectivity index (χ3n) is 4.69. The van der Waals surface area contributed by atoms with Gasteiger partial charge >= 0.3 is 5.63 Å². The van der Waals surface area contributed by atoms with Gasteiger partial charge in [0.1, 0.15) is 5.58 Å². The van der Waals surface area contributed by atoms with Crippen LogP contribution in [0.25, 0.3) is 11.0 Å². The first-order valence-electron chi connectivity index (χ1n) is 8.98. The number of fused-ring (bicyclic) bond motifs is 1. The maximum Gasteiger partial charge on any atom is 0.339 e. The van der Waals surface area contributed by atoms with Crippen LogP contribution in [0.3, 0.4) is 0 Å². The summed E-state index contributed by atoms with van der Waals surface area (Å²) in [6.45, 7) is 11.5. The van der Waals surface area contributed by atoms with Crippen molar-refractivity contribution in [3.05, 3.63) is 45.3 Å². The van der Waals surface area contributed by atoms with E-state index < -0.39 is 0 Å². The van der Waals surface area contributed by atoms with Crippen LogP contribution in [-0.2, 0) is 11.2 Å². The summed E-state index contributed by atoms with van der Waals surface area (Å²) in [5, 5.41) is 3.85. The maximum absolute atomic E-state index is 12.3. The molecule has 1 heterocycles. The summed E-state index contributed by atoms with van der Waals surface area (Å²) >= 11 is 0. The van der Waals surface area contributed by atoms with Gasteiger partial charge in [0.25, 0.3) is 0 Å². The number of amides is 1. The molecule has 5 heteroatoms. The van der Waals surface area contributed by atoms with E-state index in [4.69, 9.17) is 4.42 Å². The Labute approximate surface area is 149 Å². The third-order valence-corrected chi connectivity index (χ3v) is 4.69. The molecule has 2 aromatic rings. The molecule has 136 valence electrons. The first-order chi connectivity index (χ1) is 12.0. The highest BCUT2D eigenvalue weighted by molar-refractivity contribution is 5.82. The monoisotopic (exact) mass is 344 g/mol. The number of nitrogens with zero attached hydrogens (tertiary/aromatic N) is 1. The highest BCUT2D eigenvalue weighted by atomic mass is 16.4. The molecule has 25 heavy (non-hydrogen) atoms. The molecule has 0 aliphatic rings. The Balaban J connectivity index is 2.00. The number of hydrogen-bond donors (Lipinski definition) is 1. The quantitative estimate of drug-likeness (QED) is 0.748. The minimum Gasteiger partial charge on any atom is -0.423 e. The van der Waals surface area contributed by atoms with Crippen molar-refractivity contribution in [1.29, 1.82) is 0 Å². The molecular formula is C20H28N2O3. The topological polar surface area (TPSA) is 62.6 Å². The van der Waals surface area contributed by atoms with Crippen LogP contribution in [0.5, 0.6) is 0 Å². The molecule has 5 nitrogen and oxygen atoms in total. The second-order valence-corrected chi connectivity index (χ2v) is 6.37. The van der Waals surface area contributed by atoms with Crippen molar-refractivity contribution in [3.8, 4) is 0 Å². The summed E-state index contributed by atoms with van der Waals surface area (Å²) in [6, 6.07) is 5.84. The number of carbonyl (C=O) groups is 1. The molecule has 0 fully saturated rings. The van der Waals surface area contributed by atoms with E-state index in [1.54, 1.807) is 0 Å². The number of carbonyl (C=O) groups excluding carboxylic acids is 1. The lowest BCUT2D eigenvalue weighted by molar-refractivity contribution is -0.121. The summed E-state index contributed by atoms with van der Waals surface area (Å²) in [6.07, 6.45) is 0.691. The van der Waals surface area contributed by atoms with Crippen LogP contribution in [0.1, 0.15) is 37.0 Å². The minimum atomic E-state index is -0.341. The van der Waals surface area contributed by atoms with E-state index in [1.165, 1.54) is 0 Å². The van der Waals surface area contributed by atoms with Crippen LogP contribution in [-0.4, -0.2) is 37.0 Å². The zero-order valence-electron chi connectivity index (χ0n) is 15.6. The molecule has 0 unspecified atom stereocenters. The van der Waals surface area contributed by atoms with E-state index in [9.17, 15) is 9.59 Å². The highest BCUT2D eigenvalue weighted by Crippen LogP contribution is 2.21. The second kappa shape index (κ2) is 8.81. The lowest BCUT2D eigenvalue weighted by Crippen LogP contribution is -2.35. The molecule has 0 aliphatic carbocycles. The summed E-state index contributed by atoms with van der Waals surface area (Å²) < 4.78 is 5.43. The zero-order valence-corrected chi connectivity index (χ0v) is 15.6. The molecular weight excluding hydrogens is 316 g/mol. The van der Waals surface area contributed by atoms with Crippen molar-refractivity contribution in [2.75, 3.05) is 26.2 Å². The van der Waals surface area contributed by atoms with Crippen molar-refractivity contribution in [2.24, 2.45) is 0 Å². The Hall–Kier alpha value is -2.14. The van der Waals surface area contributed by atoms with Gasteiger partial charge in [-0.05, 0) is 50.6 Å². The molecule has 0 saturated carbocycles. The molecule has 0 atom stereocenters. The van der Waals surface area contributed by atoms with Gasteiger partial charge in [0.05, 0.1) is 0 Å². The van der Waals surface area contributed by atoms with Crippen LogP contribution in [0, 0.1) is 13.8 Å². The number of nitrogens with one attached hydrogen (secondary N) is 1. The summed E-state index contributed by atoms with van der Waals surface area (Å²) in [5.41, 5.74) is 2.81. The average Bonchev–Trinajstić information content (AvgIpc) is 2.58. The van der Waals surface area contributed by atoms with Gasteiger partial charge in [-0.3, -0.25) is 4.79 Å². The predicted molar refractivity (Wildman–Crippen MR) is 101 cm³/mol. The Bertz CT molecular complexity index is 791. The standard InChI is InChI=1S/C20H28N2O3/c1-5-22(6-2)12-11-21-19(23)10-9-17-15(4)16-8-7-14(3)13-18(16)25-20(17)24/h7-8,13H,5-6,9-12H2,1-4H3,(H,21,23). The lowest BCUT2D eigenvalue weighted by Gasteiger charge is -2.17. The Morgan fingerprint density at radius 1 is 1.20 bits per heavy atom. The maximum atomic E-state index is 12.3. The number of rotatable bonds is 8. The smallest absolute Gasteiger partial charge is 0.339 e. The van der Waals surface area contributed by atoms with Gasteiger partial charge in [-0.25, -0.2) is 4.79 Å². The normalized spacial score (nSPS) is 11.2. The van der Waals surface area contributed by atoms with Crippen LogP contribution in [0.4, 0.5) is 0 Å². The Morgan fingerprint density at radius 2 is 1.92 bits per heavy atom. The number of aryl methyl sites for hydroxylation is 2. The molecule has 1 N–H and O–H groups in total. The lowest BCUT2D eigenvalue weighted by atomic mass is 10.0. The Morgan fingerprint density at radius 3 is 2.60 bits per heavy atom. The molecule has 1 amide bonds. The van der Waals surface area contributed by atoms with E-state index >= 15 is 0 Å². The zero-order chi connectivity index (χ0) is 18.4. The largest absolute Gasteiger partial charge is 0.423 e. The van der Waals surface area contributed by atoms with Crippen LogP contribution in [0.15, 0.2) is 27.4 Å². The molecule has 0 radical (unpaired) electrons. The van der Waals surface area contributed by atoms with Crippen molar-refractivity contribution in [3.63, 3.8) is 0 Å². The van der Waals surface area contributed by atoms with Gasteiger partial charge in [0, 0.05) is 30.5 Å². The van der Waals surface area contributed by atoms with Crippen molar-refractivity contribution < 1.29 is 9.21 Å². The first-order valence-corrected chi connectivity index (χ1v) is 8.98. The van der Waals surface area contributed by atoms with Crippen LogP contribution >= 0.6 is 0 Å². The van der Waals surface area contributed by atoms with Crippen LogP contribution < -0.4 is 10.9 Å². The van der Waals surface area contributed by atoms with E-state index in [-0.39, 0.29) is 11.5 Å². The minimum absolute atomic E-state index is 0.0324. The molecule has 0 saturated heterocycles. The molecule has 2 rings (SSSR count). The van der Waals surface area contributed by atoms with Gasteiger partial charge in [-0.15, -0.1) is 0 Å². The summed E-state index contributed by atoms with van der Waals surface area (Å²) in [5.74, 6) is -0.0324. The number of likely N-dealkylation sites (N-methyl/N-ethyl adjacent to an activating group) is 1. The fraction of sp³-hybridized carbons (Fsp3) is 0.500. The molecule has 1 aromatic heterocycles. The summed E-state index contributed by atoms with van der Waals surface area (Å²) in [4.78, 5) is 26.6. The van der Waals surface area contributed by atoms with E-state index in [0.717, 1.165) is 36.1 Å². The van der Waals surface area contributed by atoms with Crippen molar-refractivity contribution >= 4 is 16.9 Å². The van der Waals surface area contributed by atoms with E-state index in [2.05, 4.69) is 24.1 Å². The fourth-order valence-corrected chi connectivity index (χ4v) is 3.01. The second-order valence-electron chi connectivity index (χ2n) is 6.37. The van der Waals surface area contributed by atoms with Crippen molar-refractivity contribution in [2.45, 2.75) is 40.5 Å². The van der Waals surface area contributed by atoms with Crippen molar-refractivity contribution in [1.82, 2.24) is 10.2 Å². The molecule has 1 aromatic carbocycles. The van der Waals surface area contributed by atoms with Gasteiger partial charge in [-0.2, -0.15) is 0 Å².